The van der Waals surface area contributed by atoms with E-state index in [4.69, 9.17) is 14.5 Å². The van der Waals surface area contributed by atoms with Crippen LogP contribution in [-0.4, -0.2) is 37.9 Å². The lowest BCUT2D eigenvalue weighted by molar-refractivity contribution is 0.181. The number of fused-ring (bicyclic) bond motifs is 1. The summed E-state index contributed by atoms with van der Waals surface area (Å²) in [4.78, 5) is 7.24. The van der Waals surface area contributed by atoms with Crippen molar-refractivity contribution in [2.24, 2.45) is 5.92 Å². The van der Waals surface area contributed by atoms with Gasteiger partial charge >= 0.3 is 0 Å². The minimum absolute atomic E-state index is 0.464. The summed E-state index contributed by atoms with van der Waals surface area (Å²) in [7, 11) is 1.79. The molecule has 1 saturated carbocycles. The summed E-state index contributed by atoms with van der Waals surface area (Å²) in [6, 6.07) is 9.02. The number of nitrogens with zero attached hydrogens (tertiary/aromatic N) is 2. The molecule has 2 heterocycles. The summed E-state index contributed by atoms with van der Waals surface area (Å²) in [6.45, 7) is 4.78. The minimum atomic E-state index is 0.464. The number of hydrogen-bond acceptors (Lipinski definition) is 4. The third kappa shape index (κ3) is 3.20. The van der Waals surface area contributed by atoms with Gasteiger partial charge in [-0.1, -0.05) is 0 Å². The third-order valence-electron chi connectivity index (χ3n) is 5.12. The van der Waals surface area contributed by atoms with E-state index in [-0.39, 0.29) is 0 Å². The summed E-state index contributed by atoms with van der Waals surface area (Å²) in [5, 5.41) is 1.21. The number of ether oxygens (including phenoxy) is 2. The molecule has 1 aliphatic carbocycles. The molecule has 1 aromatic heterocycles. The van der Waals surface area contributed by atoms with E-state index in [9.17, 15) is 0 Å². The van der Waals surface area contributed by atoms with Gasteiger partial charge in [0.1, 0.15) is 5.75 Å². The van der Waals surface area contributed by atoms with Gasteiger partial charge in [0.2, 0.25) is 0 Å². The van der Waals surface area contributed by atoms with E-state index < -0.39 is 0 Å². The van der Waals surface area contributed by atoms with Gasteiger partial charge in [-0.25, -0.2) is 0 Å². The summed E-state index contributed by atoms with van der Waals surface area (Å²) in [5.41, 5.74) is 3.37. The van der Waals surface area contributed by atoms with Crippen LogP contribution in [0.25, 0.3) is 10.9 Å². The number of benzene rings is 1. The third-order valence-corrected chi connectivity index (χ3v) is 5.12. The van der Waals surface area contributed by atoms with Gasteiger partial charge in [-0.2, -0.15) is 0 Å². The van der Waals surface area contributed by atoms with Crippen LogP contribution in [-0.2, 0) is 4.74 Å². The Bertz CT molecular complexity index is 727. The highest BCUT2D eigenvalue weighted by Crippen LogP contribution is 2.35. The van der Waals surface area contributed by atoms with E-state index in [0.29, 0.717) is 6.04 Å². The van der Waals surface area contributed by atoms with Crippen LogP contribution < -0.4 is 9.64 Å². The second-order valence-corrected chi connectivity index (χ2v) is 7.16. The summed E-state index contributed by atoms with van der Waals surface area (Å²) in [5.74, 6) is 1.70. The van der Waals surface area contributed by atoms with Crippen molar-refractivity contribution >= 4 is 16.6 Å². The average molecular weight is 326 g/mol. The predicted molar refractivity (Wildman–Crippen MR) is 96.9 cm³/mol. The fourth-order valence-corrected chi connectivity index (χ4v) is 3.66. The molecule has 1 saturated heterocycles. The SMILES string of the molecule is COC[C@@H]1CCCN1c1cc(C)nc2cc(OCC3CC3)ccc12. The predicted octanol–water partition coefficient (Wildman–Crippen LogP) is 3.95. The van der Waals surface area contributed by atoms with Gasteiger partial charge in [0, 0.05) is 36.5 Å². The lowest BCUT2D eigenvalue weighted by Crippen LogP contribution is -2.33. The molecular formula is C20H26N2O2. The molecular weight excluding hydrogens is 300 g/mol. The van der Waals surface area contributed by atoms with Crippen molar-refractivity contribution < 1.29 is 9.47 Å². The maximum Gasteiger partial charge on any atom is 0.121 e. The van der Waals surface area contributed by atoms with Gasteiger partial charge in [-0.15, -0.1) is 0 Å². The molecule has 2 aliphatic rings. The zero-order valence-electron chi connectivity index (χ0n) is 14.6. The van der Waals surface area contributed by atoms with E-state index in [0.717, 1.165) is 42.6 Å². The molecule has 1 atom stereocenters. The molecule has 4 heteroatoms. The molecule has 4 nitrogen and oxygen atoms in total. The number of anilines is 1. The van der Waals surface area contributed by atoms with E-state index in [1.165, 1.54) is 36.8 Å². The molecule has 4 rings (SSSR count). The smallest absolute Gasteiger partial charge is 0.121 e. The highest BCUT2D eigenvalue weighted by molar-refractivity contribution is 5.93. The van der Waals surface area contributed by atoms with Gasteiger partial charge in [-0.3, -0.25) is 4.98 Å². The van der Waals surface area contributed by atoms with E-state index in [1.807, 2.05) is 0 Å². The van der Waals surface area contributed by atoms with Gasteiger partial charge in [0.25, 0.3) is 0 Å². The Morgan fingerprint density at radius 2 is 2.04 bits per heavy atom. The topological polar surface area (TPSA) is 34.6 Å². The van der Waals surface area contributed by atoms with Crippen LogP contribution in [0.15, 0.2) is 24.3 Å². The largest absolute Gasteiger partial charge is 0.493 e. The Hall–Kier alpha value is -1.81. The molecule has 2 fully saturated rings. The first-order valence-corrected chi connectivity index (χ1v) is 9.04. The number of hydrogen-bond donors (Lipinski definition) is 0. The highest BCUT2D eigenvalue weighted by atomic mass is 16.5. The molecule has 0 N–H and O–H groups in total. The molecule has 0 spiro atoms. The Balaban J connectivity index is 1.66. The number of methoxy groups -OCH3 is 1. The first-order valence-electron chi connectivity index (χ1n) is 9.04. The molecule has 1 aromatic carbocycles. The highest BCUT2D eigenvalue weighted by Gasteiger charge is 2.26. The lowest BCUT2D eigenvalue weighted by Gasteiger charge is -2.28. The normalized spacial score (nSPS) is 20.8. The second-order valence-electron chi connectivity index (χ2n) is 7.16. The van der Waals surface area contributed by atoms with Crippen molar-refractivity contribution in [1.82, 2.24) is 4.98 Å². The fraction of sp³-hybridized carbons (Fsp3) is 0.550. The molecule has 24 heavy (non-hydrogen) atoms. The summed E-state index contributed by atoms with van der Waals surface area (Å²) in [6.07, 6.45) is 5.04. The maximum absolute atomic E-state index is 5.93. The fourth-order valence-electron chi connectivity index (χ4n) is 3.66. The number of aryl methyl sites for hydroxylation is 1. The Morgan fingerprint density at radius 1 is 1.17 bits per heavy atom. The number of aromatic nitrogens is 1. The van der Waals surface area contributed by atoms with Crippen LogP contribution in [0.2, 0.25) is 0 Å². The van der Waals surface area contributed by atoms with Crippen molar-refractivity contribution in [3.8, 4) is 5.75 Å². The van der Waals surface area contributed by atoms with Crippen molar-refractivity contribution in [2.45, 2.75) is 38.6 Å². The summed E-state index contributed by atoms with van der Waals surface area (Å²) < 4.78 is 11.4. The average Bonchev–Trinajstić information content (AvgIpc) is 3.30. The first-order chi connectivity index (χ1) is 11.7. The van der Waals surface area contributed by atoms with Crippen LogP contribution in [0, 0.1) is 12.8 Å². The molecule has 0 unspecified atom stereocenters. The van der Waals surface area contributed by atoms with Crippen molar-refractivity contribution in [3.63, 3.8) is 0 Å². The zero-order chi connectivity index (χ0) is 16.5. The van der Waals surface area contributed by atoms with Crippen molar-refractivity contribution in [3.05, 3.63) is 30.0 Å². The Labute approximate surface area is 143 Å². The Kier molecular flexibility index (Phi) is 4.31. The minimum Gasteiger partial charge on any atom is -0.493 e. The molecule has 2 aromatic rings. The molecule has 0 radical (unpaired) electrons. The lowest BCUT2D eigenvalue weighted by atomic mass is 10.1. The molecule has 0 bridgehead atoms. The van der Waals surface area contributed by atoms with Crippen LogP contribution >= 0.6 is 0 Å². The van der Waals surface area contributed by atoms with Crippen LogP contribution in [0.5, 0.6) is 5.75 Å². The monoisotopic (exact) mass is 326 g/mol. The first kappa shape index (κ1) is 15.7. The molecule has 1 aliphatic heterocycles. The van der Waals surface area contributed by atoms with Crippen LogP contribution in [0.3, 0.4) is 0 Å². The van der Waals surface area contributed by atoms with Gasteiger partial charge in [0.05, 0.1) is 24.8 Å². The molecule has 0 amide bonds. The quantitative estimate of drug-likeness (QED) is 0.805. The number of rotatable bonds is 6. The van der Waals surface area contributed by atoms with Crippen molar-refractivity contribution in [1.29, 1.82) is 0 Å². The van der Waals surface area contributed by atoms with E-state index in [1.54, 1.807) is 7.11 Å². The zero-order valence-corrected chi connectivity index (χ0v) is 14.6. The molecule has 128 valence electrons. The standard InChI is InChI=1S/C20H26N2O2/c1-14-10-20(22-9-3-4-16(22)13-23-2)18-8-7-17(11-19(18)21-14)24-12-15-5-6-15/h7-8,10-11,15-16H,3-6,9,12-13H2,1-2H3/t16-/m0/s1. The van der Waals surface area contributed by atoms with E-state index >= 15 is 0 Å². The van der Waals surface area contributed by atoms with Crippen molar-refractivity contribution in [2.75, 3.05) is 31.8 Å². The summed E-state index contributed by atoms with van der Waals surface area (Å²) >= 11 is 0. The van der Waals surface area contributed by atoms with E-state index in [2.05, 4.69) is 36.1 Å². The van der Waals surface area contributed by atoms with Crippen LogP contribution in [0.1, 0.15) is 31.4 Å². The maximum atomic E-state index is 5.93. The second kappa shape index (κ2) is 6.60. The van der Waals surface area contributed by atoms with Crippen LogP contribution in [0.4, 0.5) is 5.69 Å². The van der Waals surface area contributed by atoms with Gasteiger partial charge < -0.3 is 14.4 Å². The van der Waals surface area contributed by atoms with Gasteiger partial charge in [-0.05, 0) is 56.7 Å². The Morgan fingerprint density at radius 3 is 2.83 bits per heavy atom. The van der Waals surface area contributed by atoms with Gasteiger partial charge in [0.15, 0.2) is 0 Å². The number of pyridine rings is 1.